The van der Waals surface area contributed by atoms with Crippen molar-refractivity contribution >= 4 is 23.7 Å². The number of nitrogens with one attached hydrogen (secondary N) is 3. The molecule has 1 aliphatic carbocycles. The number of aryl methyl sites for hydroxylation is 1. The van der Waals surface area contributed by atoms with E-state index in [4.69, 9.17) is 5.11 Å². The minimum atomic E-state index is -1.32. The Balaban J connectivity index is 2.08. The molecule has 0 heterocycles. The van der Waals surface area contributed by atoms with Crippen LogP contribution in [0.5, 0.6) is 0 Å². The van der Waals surface area contributed by atoms with Crippen molar-refractivity contribution in [3.05, 3.63) is 35.9 Å². The number of Topliss-reactive ketones (excluding diaryl/α,β-unsaturated/α-hetero) is 1. The van der Waals surface area contributed by atoms with Crippen LogP contribution in [0.25, 0.3) is 0 Å². The van der Waals surface area contributed by atoms with Gasteiger partial charge in [-0.25, -0.2) is 4.79 Å². The number of ketones is 1. The third-order valence-electron chi connectivity index (χ3n) is 4.66. The van der Waals surface area contributed by atoms with Gasteiger partial charge in [-0.3, -0.25) is 14.4 Å². The molecule has 1 fully saturated rings. The normalized spacial score (nSPS) is 15.3. The second-order valence-corrected chi connectivity index (χ2v) is 7.83. The van der Waals surface area contributed by atoms with Gasteiger partial charge in [-0.1, -0.05) is 44.2 Å². The molecule has 3 amide bonds. The number of rotatable bonds is 11. The summed E-state index contributed by atoms with van der Waals surface area (Å²) in [5, 5.41) is 16.5. The highest BCUT2D eigenvalue weighted by Crippen LogP contribution is 2.18. The summed E-state index contributed by atoms with van der Waals surface area (Å²) in [6.07, 6.45) is 1.40. The van der Waals surface area contributed by atoms with Crippen LogP contribution >= 0.6 is 0 Å². The first-order valence-corrected chi connectivity index (χ1v) is 9.94. The summed E-state index contributed by atoms with van der Waals surface area (Å²) in [7, 11) is 0. The first-order chi connectivity index (χ1) is 13.8. The average molecular weight is 403 g/mol. The third-order valence-corrected chi connectivity index (χ3v) is 4.66. The number of hydrogen-bond donors (Lipinski definition) is 4. The molecule has 2 atom stereocenters. The molecule has 1 aliphatic rings. The van der Waals surface area contributed by atoms with Crippen LogP contribution in [0.1, 0.15) is 45.1 Å². The molecule has 4 N–H and O–H groups in total. The Morgan fingerprint density at radius 2 is 1.69 bits per heavy atom. The number of hydrogen-bond acceptors (Lipinski definition) is 4. The lowest BCUT2D eigenvalue weighted by molar-refractivity contribution is -0.140. The van der Waals surface area contributed by atoms with Gasteiger partial charge in [0.05, 0.1) is 6.04 Å². The van der Waals surface area contributed by atoms with Crippen LogP contribution in [-0.4, -0.2) is 46.9 Å². The lowest BCUT2D eigenvalue weighted by atomic mass is 9.99. The zero-order chi connectivity index (χ0) is 21.4. The molecule has 0 bridgehead atoms. The van der Waals surface area contributed by atoms with Crippen LogP contribution in [0, 0.1) is 5.92 Å². The monoisotopic (exact) mass is 403 g/mol. The largest absolute Gasteiger partial charge is 0.465 e. The fourth-order valence-corrected chi connectivity index (χ4v) is 2.99. The van der Waals surface area contributed by atoms with Crippen LogP contribution < -0.4 is 16.0 Å². The van der Waals surface area contributed by atoms with Crippen LogP contribution in [0.4, 0.5) is 4.79 Å². The van der Waals surface area contributed by atoms with Crippen molar-refractivity contribution in [2.24, 2.45) is 5.92 Å². The van der Waals surface area contributed by atoms with E-state index in [-0.39, 0.29) is 24.8 Å². The van der Waals surface area contributed by atoms with Crippen LogP contribution in [0.3, 0.4) is 0 Å². The third kappa shape index (κ3) is 7.93. The van der Waals surface area contributed by atoms with Gasteiger partial charge in [0.1, 0.15) is 6.04 Å². The fraction of sp³-hybridized carbons (Fsp3) is 0.524. The Labute approximate surface area is 170 Å². The van der Waals surface area contributed by atoms with E-state index in [9.17, 15) is 19.2 Å². The van der Waals surface area contributed by atoms with E-state index in [1.807, 2.05) is 44.2 Å². The Bertz CT molecular complexity index is 731. The predicted molar refractivity (Wildman–Crippen MR) is 107 cm³/mol. The molecule has 158 valence electrons. The molecule has 1 aromatic rings. The van der Waals surface area contributed by atoms with Crippen molar-refractivity contribution in [1.82, 2.24) is 16.0 Å². The maximum absolute atomic E-state index is 12.7. The molecule has 8 nitrogen and oxygen atoms in total. The number of benzene rings is 1. The highest BCUT2D eigenvalue weighted by molar-refractivity contribution is 6.38. The molecule has 1 aromatic carbocycles. The maximum Gasteiger partial charge on any atom is 0.405 e. The molecule has 8 heteroatoms. The van der Waals surface area contributed by atoms with Gasteiger partial charge in [-0.15, -0.1) is 0 Å². The Kier molecular flexibility index (Phi) is 8.18. The first-order valence-electron chi connectivity index (χ1n) is 9.94. The average Bonchev–Trinajstić information content (AvgIpc) is 3.47. The Morgan fingerprint density at radius 3 is 2.24 bits per heavy atom. The molecule has 2 rings (SSSR count). The molecule has 0 aliphatic heterocycles. The predicted octanol–water partition coefficient (Wildman–Crippen LogP) is 1.63. The van der Waals surface area contributed by atoms with E-state index < -0.39 is 35.8 Å². The zero-order valence-electron chi connectivity index (χ0n) is 16.8. The van der Waals surface area contributed by atoms with Crippen LogP contribution in [0.15, 0.2) is 30.3 Å². The summed E-state index contributed by atoms with van der Waals surface area (Å²) in [6.45, 7) is 3.73. The molecule has 1 saturated carbocycles. The molecule has 29 heavy (non-hydrogen) atoms. The summed E-state index contributed by atoms with van der Waals surface area (Å²) in [5.41, 5.74) is 0.976. The Morgan fingerprint density at radius 1 is 1.03 bits per heavy atom. The zero-order valence-corrected chi connectivity index (χ0v) is 16.8. The van der Waals surface area contributed by atoms with Crippen molar-refractivity contribution < 1.29 is 24.3 Å². The highest BCUT2D eigenvalue weighted by atomic mass is 16.4. The van der Waals surface area contributed by atoms with Gasteiger partial charge >= 0.3 is 6.09 Å². The lowest BCUT2D eigenvalue weighted by Gasteiger charge is -2.23. The summed E-state index contributed by atoms with van der Waals surface area (Å²) in [5.74, 6) is -1.96. The van der Waals surface area contributed by atoms with E-state index in [1.54, 1.807) is 0 Å². The smallest absolute Gasteiger partial charge is 0.405 e. The molecule has 0 aromatic heterocycles. The minimum Gasteiger partial charge on any atom is -0.465 e. The van der Waals surface area contributed by atoms with Crippen molar-refractivity contribution in [2.75, 3.05) is 0 Å². The van der Waals surface area contributed by atoms with E-state index in [0.717, 1.165) is 18.4 Å². The highest BCUT2D eigenvalue weighted by Gasteiger charge is 2.33. The molecular formula is C21H29N3O5. The van der Waals surface area contributed by atoms with E-state index in [2.05, 4.69) is 16.0 Å². The van der Waals surface area contributed by atoms with Crippen molar-refractivity contribution in [3.63, 3.8) is 0 Å². The second kappa shape index (κ2) is 10.6. The van der Waals surface area contributed by atoms with E-state index >= 15 is 0 Å². The molecule has 0 saturated heterocycles. The first kappa shape index (κ1) is 22.4. The molecule has 0 spiro atoms. The number of amides is 3. The number of carboxylic acid groups (broad SMARTS) is 1. The summed E-state index contributed by atoms with van der Waals surface area (Å²) >= 11 is 0. The summed E-state index contributed by atoms with van der Waals surface area (Å²) in [6, 6.07) is 7.45. The van der Waals surface area contributed by atoms with E-state index in [0.29, 0.717) is 6.42 Å². The van der Waals surface area contributed by atoms with Gasteiger partial charge in [0.2, 0.25) is 11.7 Å². The summed E-state index contributed by atoms with van der Waals surface area (Å²) in [4.78, 5) is 48.6. The van der Waals surface area contributed by atoms with Crippen molar-refractivity contribution in [1.29, 1.82) is 0 Å². The molecule has 0 radical (unpaired) electrons. The van der Waals surface area contributed by atoms with Gasteiger partial charge in [-0.05, 0) is 43.6 Å². The second-order valence-electron chi connectivity index (χ2n) is 7.83. The topological polar surface area (TPSA) is 125 Å². The quantitative estimate of drug-likeness (QED) is 0.418. The van der Waals surface area contributed by atoms with Crippen LogP contribution in [0.2, 0.25) is 0 Å². The molecule has 2 unspecified atom stereocenters. The Hall–Kier alpha value is -2.90. The summed E-state index contributed by atoms with van der Waals surface area (Å²) < 4.78 is 0. The number of carbonyl (C=O) groups is 4. The number of carbonyl (C=O) groups excluding carboxylic acids is 3. The maximum atomic E-state index is 12.7. The SMILES string of the molecule is CC(C)CC(NC(=O)O)C(=O)NC(CCc1ccccc1)C(=O)C(=O)NC1CC1. The van der Waals surface area contributed by atoms with Gasteiger partial charge in [0.25, 0.3) is 5.91 Å². The van der Waals surface area contributed by atoms with E-state index in [1.165, 1.54) is 0 Å². The minimum absolute atomic E-state index is 0.0271. The fourth-order valence-electron chi connectivity index (χ4n) is 2.99. The van der Waals surface area contributed by atoms with Crippen molar-refractivity contribution in [3.8, 4) is 0 Å². The van der Waals surface area contributed by atoms with Crippen molar-refractivity contribution in [2.45, 2.75) is 64.1 Å². The van der Waals surface area contributed by atoms with Gasteiger partial charge in [-0.2, -0.15) is 0 Å². The standard InChI is InChI=1S/C21H29N3O5/c1-13(2)12-17(24-21(28)29)19(26)23-16(11-8-14-6-4-3-5-7-14)18(25)20(27)22-15-9-10-15/h3-7,13,15-17,24H,8-12H2,1-2H3,(H,22,27)(H,23,26)(H,28,29). The molecular weight excluding hydrogens is 374 g/mol. The van der Waals surface area contributed by atoms with Gasteiger partial charge < -0.3 is 21.1 Å². The van der Waals surface area contributed by atoms with Crippen LogP contribution in [-0.2, 0) is 20.8 Å². The van der Waals surface area contributed by atoms with Gasteiger partial charge in [0.15, 0.2) is 0 Å². The lowest BCUT2D eigenvalue weighted by Crippen LogP contribution is -2.54. The van der Waals surface area contributed by atoms with Gasteiger partial charge in [0, 0.05) is 6.04 Å².